The van der Waals surface area contributed by atoms with Crippen molar-refractivity contribution in [2.75, 3.05) is 14.1 Å². The molecule has 1 unspecified atom stereocenters. The molecule has 1 rings (SSSR count). The Kier molecular flexibility index (Phi) is 4.47. The summed E-state index contributed by atoms with van der Waals surface area (Å²) in [4.78, 5) is 2.19. The number of likely N-dealkylation sites (N-methyl/N-ethyl adjacent to an activating group) is 1. The minimum absolute atomic E-state index is 0.463. The molecule has 0 saturated heterocycles. The van der Waals surface area contributed by atoms with Crippen LogP contribution in [-0.4, -0.2) is 39.8 Å². The lowest BCUT2D eigenvalue weighted by atomic mass is 10.3. The highest BCUT2D eigenvalue weighted by molar-refractivity contribution is 7.71. The van der Waals surface area contributed by atoms with Crippen LogP contribution in [0.5, 0.6) is 0 Å². The van der Waals surface area contributed by atoms with Gasteiger partial charge in [-0.05, 0) is 39.7 Å². The number of aromatic amines is 1. The molecule has 0 bridgehead atoms. The monoisotopic (exact) mass is 228 g/mol. The lowest BCUT2D eigenvalue weighted by Gasteiger charge is -2.20. The number of nitrogens with one attached hydrogen (secondary N) is 1. The maximum atomic E-state index is 5.22. The molecule has 1 heterocycles. The van der Waals surface area contributed by atoms with E-state index in [4.69, 9.17) is 12.2 Å². The lowest BCUT2D eigenvalue weighted by Crippen LogP contribution is -2.29. The van der Waals surface area contributed by atoms with E-state index < -0.39 is 0 Å². The van der Waals surface area contributed by atoms with Gasteiger partial charge >= 0.3 is 0 Å². The zero-order valence-electron chi connectivity index (χ0n) is 9.95. The highest BCUT2D eigenvalue weighted by Crippen LogP contribution is 2.05. The minimum atomic E-state index is 0.463. The average molecular weight is 228 g/mol. The van der Waals surface area contributed by atoms with Gasteiger partial charge in [0.1, 0.15) is 5.82 Å². The van der Waals surface area contributed by atoms with Gasteiger partial charge in [-0.3, -0.25) is 5.10 Å². The molecular weight excluding hydrogens is 208 g/mol. The number of hydrogen-bond donors (Lipinski definition) is 1. The topological polar surface area (TPSA) is 36.9 Å². The second kappa shape index (κ2) is 5.42. The van der Waals surface area contributed by atoms with Crippen LogP contribution in [0, 0.1) is 4.77 Å². The quantitative estimate of drug-likeness (QED) is 0.781. The largest absolute Gasteiger partial charge is 0.305 e. The van der Waals surface area contributed by atoms with Crippen molar-refractivity contribution < 1.29 is 0 Å². The molecule has 1 aromatic rings. The van der Waals surface area contributed by atoms with E-state index in [0.29, 0.717) is 6.04 Å². The zero-order chi connectivity index (χ0) is 11.4. The number of H-pyrrole nitrogens is 1. The molecule has 0 aromatic carbocycles. The zero-order valence-corrected chi connectivity index (χ0v) is 10.8. The van der Waals surface area contributed by atoms with Gasteiger partial charge in [0.25, 0.3) is 0 Å². The Hall–Kier alpha value is -0.680. The van der Waals surface area contributed by atoms with Crippen LogP contribution in [0.25, 0.3) is 0 Å². The Bertz CT molecular complexity index is 353. The molecule has 1 aromatic heterocycles. The third kappa shape index (κ3) is 3.14. The maximum Gasteiger partial charge on any atom is 0.195 e. The van der Waals surface area contributed by atoms with Crippen molar-refractivity contribution in [3.63, 3.8) is 0 Å². The molecule has 0 saturated carbocycles. The predicted molar refractivity (Wildman–Crippen MR) is 64.6 cm³/mol. The lowest BCUT2D eigenvalue weighted by molar-refractivity contribution is 0.280. The highest BCUT2D eigenvalue weighted by Gasteiger charge is 2.10. The summed E-state index contributed by atoms with van der Waals surface area (Å²) in [6, 6.07) is 0.463. The highest BCUT2D eigenvalue weighted by atomic mass is 32.1. The minimum Gasteiger partial charge on any atom is -0.305 e. The van der Waals surface area contributed by atoms with Crippen LogP contribution < -0.4 is 0 Å². The van der Waals surface area contributed by atoms with Crippen LogP contribution in [-0.2, 0) is 13.0 Å². The molecule has 86 valence electrons. The van der Waals surface area contributed by atoms with E-state index in [-0.39, 0.29) is 0 Å². The van der Waals surface area contributed by atoms with Gasteiger partial charge in [-0.2, -0.15) is 5.10 Å². The van der Waals surface area contributed by atoms with Gasteiger partial charge in [-0.15, -0.1) is 0 Å². The van der Waals surface area contributed by atoms with Crippen molar-refractivity contribution in [1.29, 1.82) is 0 Å². The second-order valence-corrected chi connectivity index (χ2v) is 4.50. The van der Waals surface area contributed by atoms with Crippen molar-refractivity contribution in [3.05, 3.63) is 10.6 Å². The molecule has 4 nitrogen and oxygen atoms in total. The van der Waals surface area contributed by atoms with Crippen molar-refractivity contribution in [2.45, 2.75) is 39.3 Å². The van der Waals surface area contributed by atoms with Crippen LogP contribution in [0.15, 0.2) is 0 Å². The number of aryl methyl sites for hydroxylation is 1. The van der Waals surface area contributed by atoms with Crippen molar-refractivity contribution >= 4 is 12.2 Å². The second-order valence-electron chi connectivity index (χ2n) is 4.12. The number of aromatic nitrogens is 3. The molecule has 0 aliphatic carbocycles. The van der Waals surface area contributed by atoms with Gasteiger partial charge in [0.15, 0.2) is 4.77 Å². The summed E-state index contributed by atoms with van der Waals surface area (Å²) in [7, 11) is 4.15. The van der Waals surface area contributed by atoms with Crippen LogP contribution in [0.1, 0.15) is 26.1 Å². The Morgan fingerprint density at radius 2 is 2.20 bits per heavy atom. The summed E-state index contributed by atoms with van der Waals surface area (Å²) >= 11 is 5.22. The average Bonchev–Trinajstić information content (AvgIpc) is 2.50. The van der Waals surface area contributed by atoms with Crippen LogP contribution >= 0.6 is 12.2 Å². The van der Waals surface area contributed by atoms with E-state index in [1.807, 2.05) is 0 Å². The van der Waals surface area contributed by atoms with Gasteiger partial charge in [0, 0.05) is 19.0 Å². The summed E-state index contributed by atoms with van der Waals surface area (Å²) in [6.45, 7) is 5.24. The van der Waals surface area contributed by atoms with Crippen LogP contribution in [0.2, 0.25) is 0 Å². The van der Waals surface area contributed by atoms with Crippen LogP contribution in [0.3, 0.4) is 0 Å². The van der Waals surface area contributed by atoms with Gasteiger partial charge in [0.05, 0.1) is 0 Å². The smallest absolute Gasteiger partial charge is 0.195 e. The third-order valence-electron chi connectivity index (χ3n) is 2.64. The molecule has 5 heteroatoms. The summed E-state index contributed by atoms with van der Waals surface area (Å²) in [6.07, 6.45) is 2.07. The SMILES string of the molecule is CCCc1n[nH]c(=S)n1CC(C)N(C)C. The first-order chi connectivity index (χ1) is 7.06. The molecule has 0 aliphatic heterocycles. The molecular formula is C10H20N4S. The van der Waals surface area contributed by atoms with Crippen molar-refractivity contribution in [1.82, 2.24) is 19.7 Å². The first-order valence-corrected chi connectivity index (χ1v) is 5.77. The fourth-order valence-corrected chi connectivity index (χ4v) is 1.61. The maximum absolute atomic E-state index is 5.22. The van der Waals surface area contributed by atoms with Crippen molar-refractivity contribution in [2.24, 2.45) is 0 Å². The molecule has 0 amide bonds. The Labute approximate surface area is 96.3 Å². The van der Waals surface area contributed by atoms with Crippen LogP contribution in [0.4, 0.5) is 0 Å². The van der Waals surface area contributed by atoms with E-state index in [9.17, 15) is 0 Å². The molecule has 0 fully saturated rings. The van der Waals surface area contributed by atoms with E-state index in [1.165, 1.54) is 0 Å². The summed E-state index contributed by atoms with van der Waals surface area (Å²) in [5.74, 6) is 1.07. The normalized spacial score (nSPS) is 13.4. The fraction of sp³-hybridized carbons (Fsp3) is 0.800. The molecule has 0 radical (unpaired) electrons. The number of rotatable bonds is 5. The van der Waals surface area contributed by atoms with Gasteiger partial charge < -0.3 is 9.47 Å². The summed E-state index contributed by atoms with van der Waals surface area (Å²) in [5, 5.41) is 7.11. The van der Waals surface area contributed by atoms with E-state index in [1.54, 1.807) is 0 Å². The Balaban J connectivity index is 2.83. The predicted octanol–water partition coefficient (Wildman–Crippen LogP) is 1.84. The van der Waals surface area contributed by atoms with E-state index >= 15 is 0 Å². The molecule has 1 atom stereocenters. The van der Waals surface area contributed by atoms with Gasteiger partial charge in [-0.25, -0.2) is 0 Å². The number of hydrogen-bond acceptors (Lipinski definition) is 3. The van der Waals surface area contributed by atoms with Gasteiger partial charge in [-0.1, -0.05) is 6.92 Å². The van der Waals surface area contributed by atoms with Gasteiger partial charge in [0.2, 0.25) is 0 Å². The number of nitrogens with zero attached hydrogens (tertiary/aromatic N) is 3. The third-order valence-corrected chi connectivity index (χ3v) is 2.95. The summed E-state index contributed by atoms with van der Waals surface area (Å²) in [5.41, 5.74) is 0. The Morgan fingerprint density at radius 3 is 2.73 bits per heavy atom. The fourth-order valence-electron chi connectivity index (χ4n) is 1.38. The summed E-state index contributed by atoms with van der Waals surface area (Å²) < 4.78 is 2.83. The molecule has 15 heavy (non-hydrogen) atoms. The van der Waals surface area contributed by atoms with E-state index in [2.05, 4.69) is 47.6 Å². The molecule has 0 spiro atoms. The van der Waals surface area contributed by atoms with E-state index in [0.717, 1.165) is 30.0 Å². The standard InChI is InChI=1S/C10H20N4S/c1-5-6-9-11-12-10(15)14(9)7-8(2)13(3)4/h8H,5-7H2,1-4H3,(H,12,15). The molecule has 1 N–H and O–H groups in total. The Morgan fingerprint density at radius 1 is 1.53 bits per heavy atom. The van der Waals surface area contributed by atoms with Crippen molar-refractivity contribution in [3.8, 4) is 0 Å². The molecule has 0 aliphatic rings. The first kappa shape index (κ1) is 12.4. The first-order valence-electron chi connectivity index (χ1n) is 5.36.